The van der Waals surface area contributed by atoms with Gasteiger partial charge in [-0.05, 0) is 43.0 Å². The molecule has 1 unspecified atom stereocenters. The number of hydrazine groups is 1. The van der Waals surface area contributed by atoms with Crippen LogP contribution in [0.15, 0.2) is 64.2 Å². The number of aliphatic hydroxyl groups excluding tert-OH is 1. The van der Waals surface area contributed by atoms with E-state index in [9.17, 15) is 14.7 Å². The predicted molar refractivity (Wildman–Crippen MR) is 158 cm³/mol. The molecule has 3 aromatic rings. The van der Waals surface area contributed by atoms with E-state index in [1.54, 1.807) is 4.57 Å². The summed E-state index contributed by atoms with van der Waals surface area (Å²) >= 11 is 0. The molecule has 1 aliphatic heterocycles. The van der Waals surface area contributed by atoms with E-state index in [-0.39, 0.29) is 24.0 Å². The number of likely N-dealkylation sites (N-methyl/N-ethyl adjacent to an activating group) is 2. The fraction of sp³-hybridized carbons (Fsp3) is 0.467. The molecular formula is C30H42N6O3. The minimum Gasteiger partial charge on any atom is -0.399 e. The lowest BCUT2D eigenvalue weighted by Crippen LogP contribution is -2.55. The molecule has 2 aromatic carbocycles. The van der Waals surface area contributed by atoms with Gasteiger partial charge in [-0.15, -0.1) is 0 Å². The van der Waals surface area contributed by atoms with Gasteiger partial charge in [0.05, 0.1) is 6.61 Å². The zero-order valence-corrected chi connectivity index (χ0v) is 23.4. The van der Waals surface area contributed by atoms with Gasteiger partial charge < -0.3 is 15.7 Å². The summed E-state index contributed by atoms with van der Waals surface area (Å²) in [6.45, 7) is 8.53. The zero-order chi connectivity index (χ0) is 27.9. The smallest absolute Gasteiger partial charge is 0.332 e. The minimum atomic E-state index is -0.272. The number of nitrogen functional groups attached to an aromatic ring is 1. The Hall–Kier alpha value is -3.56. The van der Waals surface area contributed by atoms with Crippen LogP contribution in [0.2, 0.25) is 0 Å². The predicted octanol–water partition coefficient (Wildman–Crippen LogP) is 3.08. The van der Waals surface area contributed by atoms with E-state index in [2.05, 4.69) is 30.9 Å². The highest BCUT2D eigenvalue weighted by atomic mass is 16.3. The van der Waals surface area contributed by atoms with Crippen LogP contribution in [0.25, 0.3) is 0 Å². The summed E-state index contributed by atoms with van der Waals surface area (Å²) in [6, 6.07) is 17.9. The molecule has 0 amide bonds. The maximum absolute atomic E-state index is 14.1. The average Bonchev–Trinajstić information content (AvgIpc) is 3.26. The molecule has 3 N–H and O–H groups in total. The molecule has 0 saturated carbocycles. The number of anilines is 3. The van der Waals surface area contributed by atoms with Crippen molar-refractivity contribution >= 4 is 17.2 Å². The summed E-state index contributed by atoms with van der Waals surface area (Å²) in [5.41, 5.74) is 8.77. The van der Waals surface area contributed by atoms with Gasteiger partial charge in [0, 0.05) is 44.8 Å². The van der Waals surface area contributed by atoms with Crippen LogP contribution < -0.4 is 26.9 Å². The average molecular weight is 535 g/mol. The van der Waals surface area contributed by atoms with Gasteiger partial charge in [0.15, 0.2) is 5.69 Å². The van der Waals surface area contributed by atoms with Gasteiger partial charge in [0.2, 0.25) is 0 Å². The van der Waals surface area contributed by atoms with Crippen molar-refractivity contribution in [2.75, 3.05) is 41.9 Å². The van der Waals surface area contributed by atoms with E-state index in [1.807, 2.05) is 59.4 Å². The SMILES string of the molecule is CCCCn1c(=O)c2c(n(CCc3ccc(N)cc3)c1=O)N(CC)C(Cc1ccccc1)N2N(CC)CCO. The summed E-state index contributed by atoms with van der Waals surface area (Å²) in [7, 11) is 0. The second-order valence-corrected chi connectivity index (χ2v) is 9.98. The first kappa shape index (κ1) is 28.4. The minimum absolute atomic E-state index is 0.0370. The van der Waals surface area contributed by atoms with Crippen molar-refractivity contribution < 1.29 is 5.11 Å². The van der Waals surface area contributed by atoms with Crippen molar-refractivity contribution in [3.05, 3.63) is 86.6 Å². The van der Waals surface area contributed by atoms with Crippen LogP contribution in [0, 0.1) is 0 Å². The van der Waals surface area contributed by atoms with Crippen molar-refractivity contribution in [3.8, 4) is 0 Å². The van der Waals surface area contributed by atoms with Gasteiger partial charge in [-0.1, -0.05) is 62.7 Å². The number of nitrogens with zero attached hydrogens (tertiary/aromatic N) is 5. The van der Waals surface area contributed by atoms with E-state index in [0.717, 1.165) is 24.0 Å². The normalized spacial score (nSPS) is 14.8. The molecule has 0 bridgehead atoms. The van der Waals surface area contributed by atoms with Crippen LogP contribution in [-0.2, 0) is 25.9 Å². The summed E-state index contributed by atoms with van der Waals surface area (Å²) in [6.07, 6.45) is 2.70. The lowest BCUT2D eigenvalue weighted by Gasteiger charge is -2.39. The Kier molecular flexibility index (Phi) is 9.48. The summed E-state index contributed by atoms with van der Waals surface area (Å²) in [5, 5.41) is 14.0. The second kappa shape index (κ2) is 13.0. The fourth-order valence-corrected chi connectivity index (χ4v) is 5.47. The number of aliphatic hydroxyl groups is 1. The van der Waals surface area contributed by atoms with Crippen LogP contribution in [-0.4, -0.2) is 51.7 Å². The van der Waals surface area contributed by atoms with E-state index in [4.69, 9.17) is 5.73 Å². The molecule has 0 radical (unpaired) electrons. The van der Waals surface area contributed by atoms with Crippen molar-refractivity contribution in [2.24, 2.45) is 0 Å². The van der Waals surface area contributed by atoms with Crippen LogP contribution in [0.3, 0.4) is 0 Å². The van der Waals surface area contributed by atoms with Crippen LogP contribution in [0.4, 0.5) is 17.2 Å². The zero-order valence-electron chi connectivity index (χ0n) is 23.4. The highest BCUT2D eigenvalue weighted by Gasteiger charge is 2.43. The molecule has 1 atom stereocenters. The molecule has 0 saturated heterocycles. The van der Waals surface area contributed by atoms with Crippen LogP contribution in [0.1, 0.15) is 44.7 Å². The quantitative estimate of drug-likeness (QED) is 0.325. The number of aromatic nitrogens is 2. The molecule has 9 heteroatoms. The number of benzene rings is 2. The number of hydrogen-bond donors (Lipinski definition) is 2. The third kappa shape index (κ3) is 5.89. The van der Waals surface area contributed by atoms with Crippen molar-refractivity contribution in [2.45, 2.75) is 65.7 Å². The molecule has 9 nitrogen and oxygen atoms in total. The number of hydrogen-bond acceptors (Lipinski definition) is 7. The summed E-state index contributed by atoms with van der Waals surface area (Å²) in [5.74, 6) is 0.660. The second-order valence-electron chi connectivity index (χ2n) is 9.98. The van der Waals surface area contributed by atoms with Crippen LogP contribution in [0.5, 0.6) is 0 Å². The van der Waals surface area contributed by atoms with Crippen LogP contribution >= 0.6 is 0 Å². The molecule has 1 aliphatic rings. The number of aryl methyl sites for hydroxylation is 1. The Morgan fingerprint density at radius 2 is 1.64 bits per heavy atom. The Morgan fingerprint density at radius 1 is 0.923 bits per heavy atom. The number of rotatable bonds is 13. The maximum Gasteiger partial charge on any atom is 0.332 e. The molecule has 4 rings (SSSR count). The lowest BCUT2D eigenvalue weighted by atomic mass is 10.1. The fourth-order valence-electron chi connectivity index (χ4n) is 5.47. The van der Waals surface area contributed by atoms with E-state index < -0.39 is 0 Å². The first-order valence-corrected chi connectivity index (χ1v) is 14.1. The van der Waals surface area contributed by atoms with Gasteiger partial charge >= 0.3 is 5.69 Å². The third-order valence-electron chi connectivity index (χ3n) is 7.49. The van der Waals surface area contributed by atoms with E-state index in [1.165, 1.54) is 4.57 Å². The van der Waals surface area contributed by atoms with Crippen molar-refractivity contribution in [1.29, 1.82) is 0 Å². The molecular weight excluding hydrogens is 492 g/mol. The Morgan fingerprint density at radius 3 is 2.26 bits per heavy atom. The topological polar surface area (TPSA) is 100.0 Å². The molecule has 0 spiro atoms. The Balaban J connectivity index is 1.90. The lowest BCUT2D eigenvalue weighted by molar-refractivity contribution is 0.177. The highest BCUT2D eigenvalue weighted by Crippen LogP contribution is 2.38. The molecule has 39 heavy (non-hydrogen) atoms. The van der Waals surface area contributed by atoms with Crippen molar-refractivity contribution in [3.63, 3.8) is 0 Å². The molecule has 0 fully saturated rings. The standard InChI is InChI=1S/C30H42N6O3/c1-4-7-18-35-29(38)27-28(34(30(35)39)19-17-23-13-15-25(31)16-14-23)33(6-3)26(22-24-11-9-8-10-12-24)36(27)32(5-2)20-21-37/h8-16,26,37H,4-7,17-22,31H2,1-3H3. The van der Waals surface area contributed by atoms with Gasteiger partial charge in [-0.25, -0.2) is 9.80 Å². The molecule has 2 heterocycles. The Bertz CT molecular complexity index is 1340. The first-order valence-electron chi connectivity index (χ1n) is 14.1. The highest BCUT2D eigenvalue weighted by molar-refractivity contribution is 5.73. The van der Waals surface area contributed by atoms with Gasteiger partial charge in [-0.2, -0.15) is 0 Å². The summed E-state index contributed by atoms with van der Waals surface area (Å²) in [4.78, 5) is 30.2. The van der Waals surface area contributed by atoms with Crippen molar-refractivity contribution in [1.82, 2.24) is 14.1 Å². The number of nitrogens with two attached hydrogens (primary N) is 1. The van der Waals surface area contributed by atoms with E-state index >= 15 is 0 Å². The van der Waals surface area contributed by atoms with Gasteiger partial charge in [-0.3, -0.25) is 18.9 Å². The van der Waals surface area contributed by atoms with E-state index in [0.29, 0.717) is 62.8 Å². The molecule has 210 valence electrons. The maximum atomic E-state index is 14.1. The first-order chi connectivity index (χ1) is 18.9. The number of unbranched alkanes of at least 4 members (excludes halogenated alkanes) is 1. The molecule has 1 aromatic heterocycles. The third-order valence-corrected chi connectivity index (χ3v) is 7.49. The Labute approximate surface area is 230 Å². The van der Waals surface area contributed by atoms with Gasteiger partial charge in [0.25, 0.3) is 5.56 Å². The molecule has 0 aliphatic carbocycles. The monoisotopic (exact) mass is 534 g/mol. The largest absolute Gasteiger partial charge is 0.399 e. The summed E-state index contributed by atoms with van der Waals surface area (Å²) < 4.78 is 3.20. The van der Waals surface area contributed by atoms with Gasteiger partial charge in [0.1, 0.15) is 12.0 Å². The number of fused-ring (bicyclic) bond motifs is 1.